The number of allylic oxidation sites excluding steroid dienone is 3. The number of hydrogen-bond donors (Lipinski definition) is 1. The van der Waals surface area contributed by atoms with Crippen molar-refractivity contribution < 1.29 is 9.53 Å². The first-order valence-electron chi connectivity index (χ1n) is 9.44. The summed E-state index contributed by atoms with van der Waals surface area (Å²) >= 11 is 0. The third kappa shape index (κ3) is 3.17. The number of rotatable bonds is 4. The van der Waals surface area contributed by atoms with E-state index in [1.165, 1.54) is 0 Å². The number of para-hydroxylation sites is 1. The van der Waals surface area contributed by atoms with Crippen LogP contribution < -0.4 is 10.5 Å². The number of carbonyl (C=O) groups excluding carboxylic acids is 1. The van der Waals surface area contributed by atoms with Crippen molar-refractivity contribution in [3.8, 4) is 5.75 Å². The summed E-state index contributed by atoms with van der Waals surface area (Å²) in [5, 5.41) is 1.08. The van der Waals surface area contributed by atoms with Gasteiger partial charge in [-0.3, -0.25) is 9.78 Å². The quantitative estimate of drug-likeness (QED) is 0.743. The maximum atomic E-state index is 12.8. The third-order valence-corrected chi connectivity index (χ3v) is 5.24. The Labute approximate surface area is 168 Å². The molecular weight excluding hydrogens is 362 g/mol. The van der Waals surface area contributed by atoms with Crippen molar-refractivity contribution in [2.45, 2.75) is 6.61 Å². The molecule has 0 saturated heterocycles. The molecule has 0 radical (unpaired) electrons. The van der Waals surface area contributed by atoms with E-state index in [0.717, 1.165) is 27.6 Å². The molecule has 142 valence electrons. The normalized spacial score (nSPS) is 15.0. The van der Waals surface area contributed by atoms with Crippen LogP contribution in [-0.2, 0) is 6.61 Å². The summed E-state index contributed by atoms with van der Waals surface area (Å²) in [5.41, 5.74) is 11.3. The molecule has 0 atom stereocenters. The number of hydrogen-bond acceptors (Lipinski definition) is 4. The summed E-state index contributed by atoms with van der Waals surface area (Å²) in [6, 6.07) is 17.2. The Kier molecular flexibility index (Phi) is 4.13. The number of benzene rings is 2. The van der Waals surface area contributed by atoms with E-state index < -0.39 is 0 Å². The van der Waals surface area contributed by atoms with Gasteiger partial charge in [-0.25, -0.2) is 0 Å². The third-order valence-electron chi connectivity index (χ3n) is 5.24. The molecule has 1 aliphatic heterocycles. The lowest BCUT2D eigenvalue weighted by atomic mass is 10.1. The molecule has 0 bridgehead atoms. The van der Waals surface area contributed by atoms with Gasteiger partial charge in [0.2, 0.25) is 0 Å². The highest BCUT2D eigenvalue weighted by atomic mass is 16.5. The number of aromatic nitrogens is 1. The SMILES string of the molecule is NC1=CC=C2CN(C(=O)c3ccc(OCc4ccnc5ccccc45)cc3)C=C12. The van der Waals surface area contributed by atoms with Gasteiger partial charge in [0.25, 0.3) is 5.91 Å². The fraction of sp³-hybridized carbons (Fsp3) is 0.0833. The average Bonchev–Trinajstić information content (AvgIpc) is 3.34. The van der Waals surface area contributed by atoms with Gasteiger partial charge in [0, 0.05) is 40.2 Å². The zero-order chi connectivity index (χ0) is 19.8. The Morgan fingerprint density at radius 2 is 1.90 bits per heavy atom. The van der Waals surface area contributed by atoms with Crippen molar-refractivity contribution >= 4 is 16.8 Å². The van der Waals surface area contributed by atoms with Gasteiger partial charge in [-0.1, -0.05) is 24.3 Å². The second kappa shape index (κ2) is 6.95. The maximum Gasteiger partial charge on any atom is 0.258 e. The highest BCUT2D eigenvalue weighted by molar-refractivity contribution is 5.96. The lowest BCUT2D eigenvalue weighted by Crippen LogP contribution is -2.24. The predicted octanol–water partition coefficient (Wildman–Crippen LogP) is 3.94. The highest BCUT2D eigenvalue weighted by Gasteiger charge is 2.26. The van der Waals surface area contributed by atoms with Gasteiger partial charge in [-0.2, -0.15) is 0 Å². The Morgan fingerprint density at radius 3 is 2.72 bits per heavy atom. The second-order valence-corrected chi connectivity index (χ2v) is 7.09. The van der Waals surface area contributed by atoms with E-state index in [0.29, 0.717) is 30.2 Å². The standard InChI is InChI=1S/C24H19N3O2/c25-22-10-7-17-13-27(14-21(17)22)24(28)16-5-8-19(9-6-16)29-15-18-11-12-26-23-4-2-1-3-20(18)23/h1-12,14H,13,15,25H2. The highest BCUT2D eigenvalue weighted by Crippen LogP contribution is 2.30. The number of amides is 1. The van der Waals surface area contributed by atoms with Crippen LogP contribution in [0.3, 0.4) is 0 Å². The molecule has 0 fully saturated rings. The molecule has 2 aromatic carbocycles. The van der Waals surface area contributed by atoms with Crippen LogP contribution in [0.15, 0.2) is 96.0 Å². The summed E-state index contributed by atoms with van der Waals surface area (Å²) in [5.74, 6) is 0.668. The van der Waals surface area contributed by atoms with Crippen LogP contribution in [0.4, 0.5) is 0 Å². The smallest absolute Gasteiger partial charge is 0.258 e. The van der Waals surface area contributed by atoms with Gasteiger partial charge in [-0.15, -0.1) is 0 Å². The maximum absolute atomic E-state index is 12.8. The summed E-state index contributed by atoms with van der Waals surface area (Å²) < 4.78 is 5.94. The van der Waals surface area contributed by atoms with Gasteiger partial charge in [-0.05, 0) is 48.0 Å². The number of fused-ring (bicyclic) bond motifs is 2. The Bertz CT molecular complexity index is 1200. The van der Waals surface area contributed by atoms with Gasteiger partial charge >= 0.3 is 0 Å². The van der Waals surface area contributed by atoms with Crippen LogP contribution in [0.2, 0.25) is 0 Å². The monoisotopic (exact) mass is 381 g/mol. The summed E-state index contributed by atoms with van der Waals surface area (Å²) in [4.78, 5) is 18.8. The Morgan fingerprint density at radius 1 is 1.07 bits per heavy atom. The number of carbonyl (C=O) groups is 1. The molecule has 5 nitrogen and oxygen atoms in total. The Hall–Kier alpha value is -3.86. The van der Waals surface area contributed by atoms with Gasteiger partial charge < -0.3 is 15.4 Å². The molecule has 1 aliphatic carbocycles. The number of nitrogens with two attached hydrogens (primary N) is 1. The van der Waals surface area contributed by atoms with Crippen LogP contribution in [0.25, 0.3) is 10.9 Å². The van der Waals surface area contributed by atoms with Crippen LogP contribution >= 0.6 is 0 Å². The lowest BCUT2D eigenvalue weighted by Gasteiger charge is -2.14. The van der Waals surface area contributed by atoms with Crippen molar-refractivity contribution in [2.24, 2.45) is 5.73 Å². The molecule has 5 heteroatoms. The molecule has 0 saturated carbocycles. The molecule has 5 rings (SSSR count). The summed E-state index contributed by atoms with van der Waals surface area (Å²) in [6.45, 7) is 0.993. The first-order valence-corrected chi connectivity index (χ1v) is 9.44. The minimum absolute atomic E-state index is 0.0488. The van der Waals surface area contributed by atoms with Crippen LogP contribution in [0, 0.1) is 0 Å². The molecule has 2 N–H and O–H groups in total. The number of ether oxygens (including phenoxy) is 1. The van der Waals surface area contributed by atoms with E-state index in [1.54, 1.807) is 23.2 Å². The van der Waals surface area contributed by atoms with Gasteiger partial charge in [0.05, 0.1) is 12.1 Å². The molecule has 1 amide bonds. The first kappa shape index (κ1) is 17.3. The van der Waals surface area contributed by atoms with E-state index in [2.05, 4.69) is 4.98 Å². The average molecular weight is 381 g/mol. The van der Waals surface area contributed by atoms with E-state index in [1.807, 2.05) is 60.8 Å². The van der Waals surface area contributed by atoms with Crippen molar-refractivity contribution in [3.05, 3.63) is 107 Å². The van der Waals surface area contributed by atoms with Crippen LogP contribution in [0.1, 0.15) is 15.9 Å². The topological polar surface area (TPSA) is 68.5 Å². The second-order valence-electron chi connectivity index (χ2n) is 7.09. The molecule has 29 heavy (non-hydrogen) atoms. The summed E-state index contributed by atoms with van der Waals surface area (Å²) in [6.07, 6.45) is 7.46. The fourth-order valence-electron chi connectivity index (χ4n) is 3.67. The largest absolute Gasteiger partial charge is 0.489 e. The van der Waals surface area contributed by atoms with Crippen LogP contribution in [-0.4, -0.2) is 22.3 Å². The molecule has 3 aromatic rings. The Balaban J connectivity index is 1.28. The van der Waals surface area contributed by atoms with Crippen molar-refractivity contribution in [2.75, 3.05) is 6.54 Å². The molecule has 0 spiro atoms. The molecule has 1 aromatic heterocycles. The van der Waals surface area contributed by atoms with Crippen LogP contribution in [0.5, 0.6) is 5.75 Å². The predicted molar refractivity (Wildman–Crippen MR) is 112 cm³/mol. The number of pyridine rings is 1. The fourth-order valence-corrected chi connectivity index (χ4v) is 3.67. The van der Waals surface area contributed by atoms with Gasteiger partial charge in [0.1, 0.15) is 12.4 Å². The van der Waals surface area contributed by atoms with E-state index in [-0.39, 0.29) is 5.91 Å². The van der Waals surface area contributed by atoms with Gasteiger partial charge in [0.15, 0.2) is 0 Å². The molecular formula is C24H19N3O2. The lowest BCUT2D eigenvalue weighted by molar-refractivity contribution is 0.0839. The zero-order valence-corrected chi connectivity index (χ0v) is 15.7. The molecule has 2 aliphatic rings. The van der Waals surface area contributed by atoms with E-state index >= 15 is 0 Å². The minimum atomic E-state index is -0.0488. The first-order chi connectivity index (χ1) is 14.2. The minimum Gasteiger partial charge on any atom is -0.489 e. The molecule has 2 heterocycles. The van der Waals surface area contributed by atoms with E-state index in [4.69, 9.17) is 10.5 Å². The molecule has 0 unspecified atom stereocenters. The zero-order valence-electron chi connectivity index (χ0n) is 15.7. The summed E-state index contributed by atoms with van der Waals surface area (Å²) in [7, 11) is 0. The van der Waals surface area contributed by atoms with E-state index in [9.17, 15) is 4.79 Å². The number of nitrogens with zero attached hydrogens (tertiary/aromatic N) is 2. The van der Waals surface area contributed by atoms with Crippen molar-refractivity contribution in [3.63, 3.8) is 0 Å². The van der Waals surface area contributed by atoms with Crippen molar-refractivity contribution in [1.29, 1.82) is 0 Å². The van der Waals surface area contributed by atoms with Crippen molar-refractivity contribution in [1.82, 2.24) is 9.88 Å².